The lowest BCUT2D eigenvalue weighted by molar-refractivity contribution is -0.137. The van der Waals surface area contributed by atoms with Crippen molar-refractivity contribution in [3.63, 3.8) is 0 Å². The van der Waals surface area contributed by atoms with Crippen molar-refractivity contribution in [1.29, 1.82) is 0 Å². The number of thiazole rings is 2. The number of para-hydroxylation sites is 2. The van der Waals surface area contributed by atoms with Gasteiger partial charge >= 0.3 is 5.97 Å². The summed E-state index contributed by atoms with van der Waals surface area (Å²) in [4.78, 5) is 125. The number of carboxylic acid groups (broad SMARTS) is 1. The molecule has 0 saturated heterocycles. The molecule has 7 amide bonds. The molecule has 0 fully saturated rings. The maximum Gasteiger partial charge on any atom is 0.303 e. The van der Waals surface area contributed by atoms with E-state index in [-0.39, 0.29) is 115 Å². The molecule has 10 aromatic rings. The number of thiophene rings is 2. The molecule has 0 spiro atoms. The number of methoxy groups -OCH3 is 2. The maximum atomic E-state index is 13.7. The summed E-state index contributed by atoms with van der Waals surface area (Å²) in [6, 6.07) is 36.8. The highest BCUT2D eigenvalue weighted by Gasteiger charge is 2.39. The third-order valence-corrected chi connectivity index (χ3v) is 29.4. The number of anilines is 6. The van der Waals surface area contributed by atoms with Crippen molar-refractivity contribution >= 4 is 211 Å². The number of rotatable bonds is 25. The number of aliphatic carboxylic acids is 1. The fourth-order valence-corrected chi connectivity index (χ4v) is 16.9. The Morgan fingerprint density at radius 2 is 1.01 bits per heavy atom. The molecule has 2 unspecified atom stereocenters. The van der Waals surface area contributed by atoms with E-state index < -0.39 is 5.97 Å². The number of nitrogen functional groups attached to an aromatic ring is 1. The van der Waals surface area contributed by atoms with E-state index in [4.69, 9.17) is 52.2 Å². The summed E-state index contributed by atoms with van der Waals surface area (Å²) >= 11 is 15.8. The minimum atomic E-state index is -0.867. The molecule has 4 atom stereocenters. The van der Waals surface area contributed by atoms with Crippen molar-refractivity contribution in [2.45, 2.75) is 109 Å². The lowest BCUT2D eigenvalue weighted by Crippen LogP contribution is -2.40. The zero-order valence-corrected chi connectivity index (χ0v) is 69.8. The number of benzene rings is 6. The highest BCUT2D eigenvalue weighted by atomic mass is 32.8. The molecule has 8 heterocycles. The lowest BCUT2D eigenvalue weighted by Gasteiger charge is -2.24. The SMILES string of the molecule is C.COc1cc2c(cc1OCCCC(=O)Nc1nc(C)c(C(=O)Nc3ccc4sc(C(=O)NCC(C)(C)S(C)=S)cc4c3)s1)N=C[C@@H]1Cc3ccccc3N1C2=O.COc1cc2c(cc1OCCCC(=O)O)N=C[C@@H]1Cc3ccccc3N1C2=O.Cc1nc(N)sc1C(=O)Nc1ccc2sc(C(=O)NCC(C)(C)S(C)=S)cc2c1. The molecule has 0 radical (unpaired) electrons. The number of amides is 7. The number of nitrogens with one attached hydrogen (secondary N) is 5. The van der Waals surface area contributed by atoms with Gasteiger partial charge < -0.3 is 56.4 Å². The molecule has 4 aromatic heterocycles. The Bertz CT molecular complexity index is 5530. The smallest absolute Gasteiger partial charge is 0.303 e. The van der Waals surface area contributed by atoms with Gasteiger partial charge in [0, 0.05) is 105 Å². The predicted molar refractivity (Wildman–Crippen MR) is 468 cm³/mol. The Morgan fingerprint density at radius 3 is 1.44 bits per heavy atom. The molecule has 33 heteroatoms. The number of carboxylic acids is 1. The first-order valence-corrected chi connectivity index (χ1v) is 44.1. The quantitative estimate of drug-likeness (QED) is 0.0261. The number of carbonyl (C=O) groups excluding carboxylic acids is 7. The van der Waals surface area contributed by atoms with Crippen LogP contribution in [-0.2, 0) is 63.7 Å². The van der Waals surface area contributed by atoms with Gasteiger partial charge in [0.05, 0.1) is 83.2 Å². The number of fused-ring (bicyclic) bond motifs is 10. The van der Waals surface area contributed by atoms with E-state index in [1.54, 1.807) is 66.4 Å². The van der Waals surface area contributed by atoms with Gasteiger partial charge in [-0.3, -0.25) is 58.1 Å². The van der Waals surface area contributed by atoms with Crippen LogP contribution in [0.1, 0.15) is 143 Å². The van der Waals surface area contributed by atoms with E-state index in [9.17, 15) is 38.4 Å². The Hall–Kier alpha value is -10.3. The summed E-state index contributed by atoms with van der Waals surface area (Å²) < 4.78 is 24.3. The third kappa shape index (κ3) is 19.6. The highest BCUT2D eigenvalue weighted by Crippen LogP contribution is 2.44. The van der Waals surface area contributed by atoms with Gasteiger partial charge in [0.25, 0.3) is 35.4 Å². The summed E-state index contributed by atoms with van der Waals surface area (Å²) in [7, 11) is 2.53. The topological polar surface area (TPSA) is 337 Å². The first-order chi connectivity index (χ1) is 53.9. The van der Waals surface area contributed by atoms with Crippen molar-refractivity contribution < 1.29 is 62.4 Å². The van der Waals surface area contributed by atoms with Crippen LogP contribution in [0.15, 0.2) is 131 Å². The van der Waals surface area contributed by atoms with Crippen molar-refractivity contribution in [1.82, 2.24) is 20.6 Å². The average molecular weight is 1690 g/mol. The van der Waals surface area contributed by atoms with E-state index in [0.29, 0.717) is 130 Å². The predicted octanol–water partition coefficient (Wildman–Crippen LogP) is 14.8. The molecular formula is C81H86N12O13S8. The number of nitrogens with two attached hydrogens (primary N) is 1. The number of carbonyl (C=O) groups is 8. The van der Waals surface area contributed by atoms with Crippen molar-refractivity contribution in [3.05, 3.63) is 174 Å². The molecule has 0 bridgehead atoms. The third-order valence-electron chi connectivity index (χ3n) is 19.0. The zero-order chi connectivity index (χ0) is 80.7. The summed E-state index contributed by atoms with van der Waals surface area (Å²) in [5.41, 5.74) is 13.9. The molecule has 0 saturated carbocycles. The molecule has 596 valence electrons. The van der Waals surface area contributed by atoms with Crippen LogP contribution in [0.4, 0.5) is 44.4 Å². The van der Waals surface area contributed by atoms with E-state index >= 15 is 0 Å². The van der Waals surface area contributed by atoms with Gasteiger partial charge in [-0.15, -0.1) is 41.6 Å². The average Bonchev–Trinajstić information content (AvgIpc) is 1.58. The normalized spacial score (nSPS) is 14.8. The summed E-state index contributed by atoms with van der Waals surface area (Å²) in [6.07, 6.45) is 9.95. The monoisotopic (exact) mass is 1690 g/mol. The summed E-state index contributed by atoms with van der Waals surface area (Å²) in [5.74, 6) is -0.597. The van der Waals surface area contributed by atoms with Crippen LogP contribution in [0, 0.1) is 13.8 Å². The van der Waals surface area contributed by atoms with Crippen LogP contribution in [-0.4, -0.2) is 149 Å². The van der Waals surface area contributed by atoms with Crippen LogP contribution in [0.25, 0.3) is 20.2 Å². The Morgan fingerprint density at radius 1 is 0.570 bits per heavy atom. The number of hydrogen-bond donors (Lipinski definition) is 7. The Labute approximate surface area is 689 Å². The second kappa shape index (κ2) is 36.5. The minimum absolute atomic E-state index is 0. The van der Waals surface area contributed by atoms with Gasteiger partial charge in [0.1, 0.15) is 9.75 Å². The van der Waals surface area contributed by atoms with Crippen LogP contribution < -0.4 is 61.1 Å². The lowest BCUT2D eigenvalue weighted by atomic mass is 10.1. The Kier molecular flexibility index (Phi) is 27.1. The fourth-order valence-electron chi connectivity index (χ4n) is 12.5. The standard InChI is InChI=1S/C40H40N6O6S4.C21H20N2O5.C19H22N4O2S4.CH4/c1-22-35(37(49)44-25-12-13-32-24(15-25)17-33(54-32)36(48)42-21-40(2,3)56(5)53)55-39(43-22)45-34(47)11-8-14-52-31-19-28-27(18-30(31)51-4)38(50)46-26(20-41-28)16-23-9-6-7-10-29(23)46;1-27-18-10-15-16(11-19(18)28-8-4-7-20(24)25)22-12-14-9-13-5-2-3-6-17(13)23(14)21(15)26;1-10-15(28-18(20)22-10)17(25)23-12-5-6-13-11(7-12)8-14(27-13)16(24)21-9-19(2,3)29(4)26;/h6-7,9-10,12-13,15,17-20,26H,8,11,14,16,21H2,1-5H3,(H,42,48)(H,44,49)(H,43,45,47);2-3,5-6,10-12,14H,4,7-9H2,1H3,(H,24,25);5-8H,9H2,1-4H3,(H2,20,22)(H,21,24)(H,23,25);1H4/t26-,56?;14-;;/m00../s1. The first-order valence-electron chi connectivity index (χ1n) is 35.7. The molecule has 114 heavy (non-hydrogen) atoms. The van der Waals surface area contributed by atoms with Crippen molar-refractivity contribution in [2.75, 3.05) is 84.5 Å². The molecule has 0 aliphatic carbocycles. The molecular weight excluding hydrogens is 1610 g/mol. The Balaban J connectivity index is 0.000000185. The van der Waals surface area contributed by atoms with Gasteiger partial charge in [-0.1, -0.05) is 88.9 Å². The number of ether oxygens (including phenoxy) is 4. The molecule has 25 nitrogen and oxygen atoms in total. The summed E-state index contributed by atoms with van der Waals surface area (Å²) in [6.45, 7) is 13.1. The van der Waals surface area contributed by atoms with Gasteiger partial charge in [-0.2, -0.15) is 0 Å². The van der Waals surface area contributed by atoms with Crippen LogP contribution >= 0.6 is 45.3 Å². The van der Waals surface area contributed by atoms with E-state index in [1.165, 1.54) is 36.9 Å². The van der Waals surface area contributed by atoms with E-state index in [2.05, 4.69) is 60.4 Å². The summed E-state index contributed by atoms with van der Waals surface area (Å²) in [5, 5.41) is 25.7. The van der Waals surface area contributed by atoms with Crippen molar-refractivity contribution in [3.8, 4) is 23.0 Å². The first kappa shape index (κ1) is 84.6. The van der Waals surface area contributed by atoms with Crippen LogP contribution in [0.3, 0.4) is 0 Å². The second-order valence-electron chi connectivity index (χ2n) is 27.9. The molecule has 4 aliphatic heterocycles. The maximum absolute atomic E-state index is 13.7. The molecule has 8 N–H and O–H groups in total. The minimum Gasteiger partial charge on any atom is -0.493 e. The van der Waals surface area contributed by atoms with Crippen molar-refractivity contribution in [2.24, 2.45) is 9.98 Å². The molecule has 4 aliphatic rings. The van der Waals surface area contributed by atoms with Crippen LogP contribution in [0.2, 0.25) is 0 Å². The van der Waals surface area contributed by atoms with Gasteiger partial charge in [0.15, 0.2) is 33.3 Å². The highest BCUT2D eigenvalue weighted by molar-refractivity contribution is 8.29. The number of nitrogens with zero attached hydrogens (tertiary/aromatic N) is 6. The fraction of sp³-hybridized carbons (Fsp3) is 0.309. The van der Waals surface area contributed by atoms with Gasteiger partial charge in [-0.05, 0) is 162 Å². The largest absolute Gasteiger partial charge is 0.493 e. The van der Waals surface area contributed by atoms with E-state index in [0.717, 1.165) is 71.8 Å². The van der Waals surface area contributed by atoms with Crippen LogP contribution in [0.5, 0.6) is 23.0 Å². The second-order valence-corrected chi connectivity index (χ2v) is 39.1. The molecule has 14 rings (SSSR count). The number of aromatic nitrogens is 2. The number of aliphatic imine (C=N–C) groups is 2. The van der Waals surface area contributed by atoms with Gasteiger partial charge in [-0.25, -0.2) is 9.97 Å². The number of hydrogen-bond acceptors (Lipinski definition) is 23. The zero-order valence-electron chi connectivity index (χ0n) is 63.3. The molecule has 6 aromatic carbocycles. The number of aryl methyl sites for hydroxylation is 2. The van der Waals surface area contributed by atoms with E-state index in [1.807, 2.05) is 117 Å². The van der Waals surface area contributed by atoms with Gasteiger partial charge in [0.2, 0.25) is 5.91 Å².